The van der Waals surface area contributed by atoms with Gasteiger partial charge in [-0.05, 0) is 42.2 Å². The molecule has 128 valence electrons. The van der Waals surface area contributed by atoms with Crippen LogP contribution in [-0.4, -0.2) is 22.3 Å². The molecule has 24 heavy (non-hydrogen) atoms. The van der Waals surface area contributed by atoms with E-state index < -0.39 is 5.97 Å². The summed E-state index contributed by atoms with van der Waals surface area (Å²) in [6, 6.07) is 10.8. The van der Waals surface area contributed by atoms with Gasteiger partial charge in [-0.2, -0.15) is 0 Å². The van der Waals surface area contributed by atoms with Crippen molar-refractivity contribution < 1.29 is 14.6 Å². The minimum absolute atomic E-state index is 0.0377. The Kier molecular flexibility index (Phi) is 7.39. The monoisotopic (exact) mass is 328 g/mol. The van der Waals surface area contributed by atoms with Crippen LogP contribution in [0.4, 0.5) is 0 Å². The van der Waals surface area contributed by atoms with Gasteiger partial charge in [-0.1, -0.05) is 31.5 Å². The van der Waals surface area contributed by atoms with Gasteiger partial charge in [0.15, 0.2) is 0 Å². The van der Waals surface area contributed by atoms with Gasteiger partial charge in [0, 0.05) is 18.9 Å². The lowest BCUT2D eigenvalue weighted by Gasteiger charge is -2.19. The number of ether oxygens (including phenoxy) is 1. The Balaban J connectivity index is 1.86. The lowest BCUT2D eigenvalue weighted by molar-refractivity contribution is 0.00940. The Morgan fingerprint density at radius 1 is 1.25 bits per heavy atom. The molecule has 0 aliphatic rings. The van der Waals surface area contributed by atoms with Crippen molar-refractivity contribution in [3.63, 3.8) is 0 Å². The fourth-order valence-corrected chi connectivity index (χ4v) is 2.31. The minimum Gasteiger partial charge on any atom is -0.478 e. The van der Waals surface area contributed by atoms with E-state index in [-0.39, 0.29) is 6.23 Å². The summed E-state index contributed by atoms with van der Waals surface area (Å²) < 4.78 is 5.97. The Morgan fingerprint density at radius 2 is 2.04 bits per heavy atom. The standard InChI is InChI=1S/C19H24N2O3/c1-2-3-6-18(24-14-16-5-4-11-20-12-16)21-13-15-7-9-17(10-8-15)19(22)23/h4-5,7-12,18,21H,2-3,6,13-14H2,1H3,(H,22,23). The van der Waals surface area contributed by atoms with Gasteiger partial charge in [0.1, 0.15) is 6.23 Å². The van der Waals surface area contributed by atoms with E-state index in [2.05, 4.69) is 17.2 Å². The van der Waals surface area contributed by atoms with Crippen molar-refractivity contribution in [3.05, 3.63) is 65.5 Å². The summed E-state index contributed by atoms with van der Waals surface area (Å²) >= 11 is 0. The van der Waals surface area contributed by atoms with Gasteiger partial charge in [-0.25, -0.2) is 4.79 Å². The summed E-state index contributed by atoms with van der Waals surface area (Å²) in [7, 11) is 0. The number of hydrogen-bond acceptors (Lipinski definition) is 4. The smallest absolute Gasteiger partial charge is 0.335 e. The topological polar surface area (TPSA) is 71.5 Å². The number of hydrogen-bond donors (Lipinski definition) is 2. The maximum atomic E-state index is 10.9. The molecule has 0 aliphatic carbocycles. The molecule has 1 atom stereocenters. The van der Waals surface area contributed by atoms with Crippen LogP contribution in [0.15, 0.2) is 48.8 Å². The van der Waals surface area contributed by atoms with Gasteiger partial charge < -0.3 is 9.84 Å². The van der Waals surface area contributed by atoms with Crippen LogP contribution in [0.1, 0.15) is 47.7 Å². The van der Waals surface area contributed by atoms with Crippen LogP contribution in [-0.2, 0) is 17.9 Å². The summed E-state index contributed by atoms with van der Waals surface area (Å²) in [5, 5.41) is 12.3. The van der Waals surface area contributed by atoms with Gasteiger partial charge in [-0.3, -0.25) is 10.3 Å². The SMILES string of the molecule is CCCCC(NCc1ccc(C(=O)O)cc1)OCc1cccnc1. The predicted octanol–water partition coefficient (Wildman–Crippen LogP) is 3.60. The second-order valence-corrected chi connectivity index (χ2v) is 5.69. The van der Waals surface area contributed by atoms with Crippen molar-refractivity contribution >= 4 is 5.97 Å². The van der Waals surface area contributed by atoms with E-state index in [1.807, 2.05) is 30.5 Å². The Labute approximate surface area is 142 Å². The highest BCUT2D eigenvalue weighted by Crippen LogP contribution is 2.09. The van der Waals surface area contributed by atoms with E-state index in [9.17, 15) is 4.79 Å². The Hall–Kier alpha value is -2.24. The molecule has 1 unspecified atom stereocenters. The van der Waals surface area contributed by atoms with Gasteiger partial charge in [0.2, 0.25) is 0 Å². The lowest BCUT2D eigenvalue weighted by atomic mass is 10.1. The molecular formula is C19H24N2O3. The molecule has 0 fully saturated rings. The number of carboxylic acid groups (broad SMARTS) is 1. The zero-order valence-corrected chi connectivity index (χ0v) is 13.9. The molecule has 0 amide bonds. The second-order valence-electron chi connectivity index (χ2n) is 5.69. The largest absolute Gasteiger partial charge is 0.478 e. The van der Waals surface area contributed by atoms with E-state index in [1.54, 1.807) is 18.3 Å². The first-order valence-electron chi connectivity index (χ1n) is 8.25. The van der Waals surface area contributed by atoms with Crippen LogP contribution in [0, 0.1) is 0 Å². The van der Waals surface area contributed by atoms with Gasteiger partial charge in [-0.15, -0.1) is 0 Å². The number of nitrogens with zero attached hydrogens (tertiary/aromatic N) is 1. The molecule has 0 spiro atoms. The van der Waals surface area contributed by atoms with Crippen LogP contribution in [0.25, 0.3) is 0 Å². The summed E-state index contributed by atoms with van der Waals surface area (Å²) in [5.41, 5.74) is 2.38. The van der Waals surface area contributed by atoms with Crippen LogP contribution < -0.4 is 5.32 Å². The van der Waals surface area contributed by atoms with Crippen LogP contribution >= 0.6 is 0 Å². The zero-order chi connectivity index (χ0) is 17.2. The summed E-state index contributed by atoms with van der Waals surface area (Å²) in [6.07, 6.45) is 6.65. The molecule has 5 nitrogen and oxygen atoms in total. The van der Waals surface area contributed by atoms with E-state index in [0.29, 0.717) is 18.7 Å². The number of benzene rings is 1. The number of carboxylic acids is 1. The molecule has 0 saturated carbocycles. The van der Waals surface area contributed by atoms with E-state index >= 15 is 0 Å². The molecule has 0 bridgehead atoms. The van der Waals surface area contributed by atoms with Crippen LogP contribution in [0.5, 0.6) is 0 Å². The molecule has 5 heteroatoms. The maximum Gasteiger partial charge on any atom is 0.335 e. The highest BCUT2D eigenvalue weighted by Gasteiger charge is 2.09. The predicted molar refractivity (Wildman–Crippen MR) is 92.6 cm³/mol. The molecule has 1 heterocycles. The lowest BCUT2D eigenvalue weighted by Crippen LogP contribution is -2.31. The molecule has 1 aromatic carbocycles. The molecule has 2 rings (SSSR count). The van der Waals surface area contributed by atoms with E-state index in [0.717, 1.165) is 30.4 Å². The summed E-state index contributed by atoms with van der Waals surface area (Å²) in [5.74, 6) is -0.907. The number of rotatable bonds is 10. The highest BCUT2D eigenvalue weighted by atomic mass is 16.5. The molecular weight excluding hydrogens is 304 g/mol. The first kappa shape index (κ1) is 18.1. The average Bonchev–Trinajstić information content (AvgIpc) is 2.62. The van der Waals surface area contributed by atoms with Gasteiger partial charge >= 0.3 is 5.97 Å². The highest BCUT2D eigenvalue weighted by molar-refractivity contribution is 5.87. The Morgan fingerprint density at radius 3 is 2.67 bits per heavy atom. The minimum atomic E-state index is -0.907. The van der Waals surface area contributed by atoms with Crippen molar-refractivity contribution in [1.29, 1.82) is 0 Å². The molecule has 1 aromatic heterocycles. The van der Waals surface area contributed by atoms with Crippen molar-refractivity contribution in [1.82, 2.24) is 10.3 Å². The second kappa shape index (κ2) is 9.80. The van der Waals surface area contributed by atoms with Crippen molar-refractivity contribution in [2.24, 2.45) is 0 Å². The molecule has 2 aromatic rings. The number of aromatic nitrogens is 1. The quantitative estimate of drug-likeness (QED) is 0.652. The first-order chi connectivity index (χ1) is 11.7. The van der Waals surface area contributed by atoms with E-state index in [4.69, 9.17) is 9.84 Å². The maximum absolute atomic E-state index is 10.9. The first-order valence-corrected chi connectivity index (χ1v) is 8.25. The Bertz CT molecular complexity index is 614. The van der Waals surface area contributed by atoms with E-state index in [1.165, 1.54) is 0 Å². The fourth-order valence-electron chi connectivity index (χ4n) is 2.31. The van der Waals surface area contributed by atoms with Crippen molar-refractivity contribution in [2.75, 3.05) is 0 Å². The zero-order valence-electron chi connectivity index (χ0n) is 13.9. The normalized spacial score (nSPS) is 12.0. The summed E-state index contributed by atoms with van der Waals surface area (Å²) in [4.78, 5) is 15.0. The third-order valence-electron chi connectivity index (χ3n) is 3.73. The van der Waals surface area contributed by atoms with Crippen molar-refractivity contribution in [2.45, 2.75) is 45.6 Å². The van der Waals surface area contributed by atoms with Gasteiger partial charge in [0.05, 0.1) is 12.2 Å². The summed E-state index contributed by atoms with van der Waals surface area (Å²) in [6.45, 7) is 3.32. The number of aromatic carboxylic acids is 1. The van der Waals surface area contributed by atoms with Gasteiger partial charge in [0.25, 0.3) is 0 Å². The third-order valence-corrected chi connectivity index (χ3v) is 3.73. The fraction of sp³-hybridized carbons (Fsp3) is 0.368. The number of pyridine rings is 1. The number of carbonyl (C=O) groups is 1. The average molecular weight is 328 g/mol. The van der Waals surface area contributed by atoms with Crippen LogP contribution in [0.3, 0.4) is 0 Å². The number of nitrogens with one attached hydrogen (secondary N) is 1. The molecule has 0 radical (unpaired) electrons. The number of unbranched alkanes of at least 4 members (excludes halogenated alkanes) is 1. The molecule has 0 saturated heterocycles. The molecule has 0 aliphatic heterocycles. The van der Waals surface area contributed by atoms with Crippen LogP contribution in [0.2, 0.25) is 0 Å². The molecule has 2 N–H and O–H groups in total. The van der Waals surface area contributed by atoms with Crippen molar-refractivity contribution in [3.8, 4) is 0 Å². The third kappa shape index (κ3) is 6.10.